The first kappa shape index (κ1) is 10.8. The molecular weight excluding hydrogens is 258 g/mol. The molecular formula is C11H6ClN3O3. The van der Waals surface area contributed by atoms with Gasteiger partial charge in [-0.25, -0.2) is 14.3 Å². The van der Waals surface area contributed by atoms with Crippen molar-refractivity contribution in [2.45, 2.75) is 0 Å². The second-order valence-electron chi connectivity index (χ2n) is 3.54. The van der Waals surface area contributed by atoms with E-state index in [0.717, 1.165) is 0 Å². The standard InChI is InChI=1S/C11H6ClN3O3/c12-8-4-9-13-5-6(11(16)17)10(15(9)14-8)7-2-1-3-18-7/h1-5H,(H,16,17). The molecule has 3 aromatic rings. The predicted octanol–water partition coefficient (Wildman–Crippen LogP) is 2.34. The smallest absolute Gasteiger partial charge is 0.339 e. The molecule has 0 saturated heterocycles. The average molecular weight is 264 g/mol. The number of nitrogens with zero attached hydrogens (tertiary/aromatic N) is 3. The number of hydrogen-bond acceptors (Lipinski definition) is 4. The first-order valence-corrected chi connectivity index (χ1v) is 5.36. The lowest BCUT2D eigenvalue weighted by Crippen LogP contribution is -2.06. The maximum Gasteiger partial charge on any atom is 0.339 e. The predicted molar refractivity (Wildman–Crippen MR) is 62.7 cm³/mol. The maximum atomic E-state index is 11.2. The Bertz CT molecular complexity index is 733. The molecule has 0 aliphatic rings. The van der Waals surface area contributed by atoms with Crippen LogP contribution in [-0.2, 0) is 0 Å². The number of rotatable bonds is 2. The van der Waals surface area contributed by atoms with Crippen LogP contribution in [0.4, 0.5) is 0 Å². The van der Waals surface area contributed by atoms with E-state index in [9.17, 15) is 9.90 Å². The van der Waals surface area contributed by atoms with Crippen molar-refractivity contribution >= 4 is 23.2 Å². The molecule has 3 rings (SSSR count). The fourth-order valence-electron chi connectivity index (χ4n) is 1.71. The minimum atomic E-state index is -1.11. The van der Waals surface area contributed by atoms with E-state index in [-0.39, 0.29) is 10.7 Å². The molecule has 0 saturated carbocycles. The van der Waals surface area contributed by atoms with Gasteiger partial charge >= 0.3 is 5.97 Å². The van der Waals surface area contributed by atoms with Gasteiger partial charge in [-0.2, -0.15) is 5.10 Å². The first-order valence-electron chi connectivity index (χ1n) is 4.98. The second-order valence-corrected chi connectivity index (χ2v) is 3.93. The summed E-state index contributed by atoms with van der Waals surface area (Å²) in [6, 6.07) is 4.86. The van der Waals surface area contributed by atoms with Crippen molar-refractivity contribution in [1.29, 1.82) is 0 Å². The summed E-state index contributed by atoms with van der Waals surface area (Å²) in [5, 5.41) is 13.4. The Kier molecular flexibility index (Phi) is 2.31. The van der Waals surface area contributed by atoms with Crippen molar-refractivity contribution in [1.82, 2.24) is 14.6 Å². The highest BCUT2D eigenvalue weighted by atomic mass is 35.5. The molecule has 0 fully saturated rings. The zero-order valence-corrected chi connectivity index (χ0v) is 9.63. The molecule has 0 atom stereocenters. The number of hydrogen-bond donors (Lipinski definition) is 1. The summed E-state index contributed by atoms with van der Waals surface area (Å²) < 4.78 is 6.58. The van der Waals surface area contributed by atoms with Crippen LogP contribution in [0.2, 0.25) is 5.15 Å². The van der Waals surface area contributed by atoms with E-state index >= 15 is 0 Å². The molecule has 0 aromatic carbocycles. The minimum Gasteiger partial charge on any atom is -0.478 e. The van der Waals surface area contributed by atoms with Gasteiger partial charge in [-0.05, 0) is 12.1 Å². The fourth-order valence-corrected chi connectivity index (χ4v) is 1.89. The molecule has 0 amide bonds. The van der Waals surface area contributed by atoms with Crippen LogP contribution in [0, 0.1) is 0 Å². The van der Waals surface area contributed by atoms with E-state index < -0.39 is 5.97 Å². The number of carbonyl (C=O) groups is 1. The van der Waals surface area contributed by atoms with Crippen molar-refractivity contribution in [2.75, 3.05) is 0 Å². The quantitative estimate of drug-likeness (QED) is 0.767. The topological polar surface area (TPSA) is 80.6 Å². The van der Waals surface area contributed by atoms with Crippen molar-refractivity contribution in [3.8, 4) is 11.5 Å². The van der Waals surface area contributed by atoms with E-state index in [1.54, 1.807) is 18.2 Å². The average Bonchev–Trinajstić information content (AvgIpc) is 2.93. The lowest BCUT2D eigenvalue weighted by Gasteiger charge is -2.05. The van der Waals surface area contributed by atoms with E-state index in [0.29, 0.717) is 17.1 Å². The number of carboxylic acid groups (broad SMARTS) is 1. The molecule has 0 spiro atoms. The molecule has 0 bridgehead atoms. The van der Waals surface area contributed by atoms with Crippen molar-refractivity contribution < 1.29 is 14.3 Å². The minimum absolute atomic E-state index is 0.00258. The molecule has 18 heavy (non-hydrogen) atoms. The Hall–Kier alpha value is -2.34. The molecule has 3 heterocycles. The van der Waals surface area contributed by atoms with Gasteiger partial charge in [0.25, 0.3) is 0 Å². The van der Waals surface area contributed by atoms with Crippen LogP contribution in [0.5, 0.6) is 0 Å². The van der Waals surface area contributed by atoms with E-state index in [1.165, 1.54) is 17.0 Å². The number of furan rings is 1. The largest absolute Gasteiger partial charge is 0.478 e. The van der Waals surface area contributed by atoms with Crippen LogP contribution in [0.3, 0.4) is 0 Å². The Morgan fingerprint density at radius 3 is 3.00 bits per heavy atom. The molecule has 0 aliphatic heterocycles. The Balaban J connectivity index is 2.42. The van der Waals surface area contributed by atoms with Crippen molar-refractivity contribution in [3.05, 3.63) is 41.4 Å². The number of halogens is 1. The molecule has 1 N–H and O–H groups in total. The number of carboxylic acids is 1. The Morgan fingerprint density at radius 1 is 1.50 bits per heavy atom. The monoisotopic (exact) mass is 263 g/mol. The lowest BCUT2D eigenvalue weighted by molar-refractivity contribution is 0.0696. The van der Waals surface area contributed by atoms with Gasteiger partial charge < -0.3 is 9.52 Å². The summed E-state index contributed by atoms with van der Waals surface area (Å²) >= 11 is 5.80. The van der Waals surface area contributed by atoms with E-state index in [4.69, 9.17) is 16.0 Å². The van der Waals surface area contributed by atoms with Crippen molar-refractivity contribution in [3.63, 3.8) is 0 Å². The third kappa shape index (κ3) is 1.54. The van der Waals surface area contributed by atoms with Crippen LogP contribution in [0.25, 0.3) is 17.1 Å². The molecule has 0 unspecified atom stereocenters. The van der Waals surface area contributed by atoms with E-state index in [2.05, 4.69) is 10.1 Å². The third-order valence-corrected chi connectivity index (χ3v) is 2.62. The summed E-state index contributed by atoms with van der Waals surface area (Å²) in [6.07, 6.45) is 2.71. The molecule has 0 radical (unpaired) electrons. The molecule has 0 aliphatic carbocycles. The number of aromatic nitrogens is 3. The maximum absolute atomic E-state index is 11.2. The summed E-state index contributed by atoms with van der Waals surface area (Å²) in [5.74, 6) is -0.720. The molecule has 90 valence electrons. The SMILES string of the molecule is O=C(O)c1cnc2cc(Cl)nn2c1-c1ccco1. The molecule has 6 nitrogen and oxygen atoms in total. The van der Waals surface area contributed by atoms with Crippen LogP contribution >= 0.6 is 11.6 Å². The van der Waals surface area contributed by atoms with Crippen LogP contribution < -0.4 is 0 Å². The Morgan fingerprint density at radius 2 is 2.33 bits per heavy atom. The Labute approximate surface area is 105 Å². The second kappa shape index (κ2) is 3.85. The summed E-state index contributed by atoms with van der Waals surface area (Å²) in [5.41, 5.74) is 0.762. The zero-order chi connectivity index (χ0) is 12.7. The van der Waals surface area contributed by atoms with Gasteiger partial charge in [0.1, 0.15) is 11.3 Å². The van der Waals surface area contributed by atoms with Crippen LogP contribution in [-0.4, -0.2) is 25.7 Å². The molecule has 7 heteroatoms. The molecule has 3 aromatic heterocycles. The number of aromatic carboxylic acids is 1. The van der Waals surface area contributed by atoms with Gasteiger partial charge in [-0.3, -0.25) is 0 Å². The zero-order valence-electron chi connectivity index (χ0n) is 8.87. The van der Waals surface area contributed by atoms with Crippen molar-refractivity contribution in [2.24, 2.45) is 0 Å². The summed E-state index contributed by atoms with van der Waals surface area (Å²) in [4.78, 5) is 15.2. The van der Waals surface area contributed by atoms with Gasteiger partial charge in [0.2, 0.25) is 0 Å². The fraction of sp³-hybridized carbons (Fsp3) is 0. The third-order valence-electron chi connectivity index (χ3n) is 2.44. The van der Waals surface area contributed by atoms with Gasteiger partial charge in [0, 0.05) is 12.3 Å². The lowest BCUT2D eigenvalue weighted by atomic mass is 10.2. The normalized spacial score (nSPS) is 10.9. The van der Waals surface area contributed by atoms with E-state index in [1.807, 2.05) is 0 Å². The summed E-state index contributed by atoms with van der Waals surface area (Å²) in [7, 11) is 0. The van der Waals surface area contributed by atoms with Gasteiger partial charge in [0.15, 0.2) is 16.6 Å². The first-order chi connectivity index (χ1) is 8.66. The van der Waals surface area contributed by atoms with Gasteiger partial charge in [-0.1, -0.05) is 11.6 Å². The van der Waals surface area contributed by atoms with Crippen LogP contribution in [0.15, 0.2) is 35.1 Å². The number of fused-ring (bicyclic) bond motifs is 1. The van der Waals surface area contributed by atoms with Gasteiger partial charge in [0.05, 0.1) is 6.26 Å². The highest BCUT2D eigenvalue weighted by molar-refractivity contribution is 6.29. The summed E-state index contributed by atoms with van der Waals surface area (Å²) in [6.45, 7) is 0. The van der Waals surface area contributed by atoms with Crippen LogP contribution in [0.1, 0.15) is 10.4 Å². The highest BCUT2D eigenvalue weighted by Gasteiger charge is 2.19. The highest BCUT2D eigenvalue weighted by Crippen LogP contribution is 2.25. The van der Waals surface area contributed by atoms with Gasteiger partial charge in [-0.15, -0.1) is 0 Å².